The maximum atomic E-state index is 12.5. The van der Waals surface area contributed by atoms with Crippen LogP contribution in [-0.2, 0) is 16.6 Å². The van der Waals surface area contributed by atoms with Crippen LogP contribution < -0.4 is 10.2 Å². The molecule has 2 aromatic rings. The highest BCUT2D eigenvalue weighted by molar-refractivity contribution is 7.14. The molecule has 3 rings (SSSR count). The highest BCUT2D eigenvalue weighted by Crippen LogP contribution is 2.30. The lowest BCUT2D eigenvalue weighted by Gasteiger charge is -2.15. The first-order valence-corrected chi connectivity index (χ1v) is 8.82. The number of nitrogens with one attached hydrogen (secondary N) is 1. The fourth-order valence-corrected chi connectivity index (χ4v) is 3.65. The third-order valence-electron chi connectivity index (χ3n) is 4.11. The molecule has 1 aromatic heterocycles. The Kier molecular flexibility index (Phi) is 4.17. The largest absolute Gasteiger partial charge is 0.312 e. The number of hydrogen-bond donors (Lipinski definition) is 1. The summed E-state index contributed by atoms with van der Waals surface area (Å²) in [6, 6.07) is 5.47. The summed E-state index contributed by atoms with van der Waals surface area (Å²) in [6.07, 6.45) is 0.779. The first kappa shape index (κ1) is 16.6. The van der Waals surface area contributed by atoms with E-state index in [1.165, 1.54) is 11.3 Å². The monoisotopic (exact) mass is 343 g/mol. The first-order chi connectivity index (χ1) is 11.3. The second-order valence-corrected chi connectivity index (χ2v) is 7.86. The van der Waals surface area contributed by atoms with E-state index in [2.05, 4.69) is 31.1 Å². The van der Waals surface area contributed by atoms with E-state index in [4.69, 9.17) is 0 Å². The SMILES string of the molecule is CC(=O)N1CCc2cc(C(=O)Nc3nc(C(C)(C)C)cs3)ccc21. The average molecular weight is 343 g/mol. The Hall–Kier alpha value is -2.21. The van der Waals surface area contributed by atoms with Crippen molar-refractivity contribution >= 4 is 34.0 Å². The molecule has 0 fully saturated rings. The second-order valence-electron chi connectivity index (χ2n) is 7.01. The van der Waals surface area contributed by atoms with Gasteiger partial charge in [0.2, 0.25) is 5.91 Å². The third-order valence-corrected chi connectivity index (χ3v) is 4.87. The second kappa shape index (κ2) is 6.02. The minimum atomic E-state index is -0.172. The highest BCUT2D eigenvalue weighted by Gasteiger charge is 2.23. The fraction of sp³-hybridized carbons (Fsp3) is 0.389. The van der Waals surface area contributed by atoms with Crippen molar-refractivity contribution in [2.75, 3.05) is 16.8 Å². The predicted molar refractivity (Wildman–Crippen MR) is 96.9 cm³/mol. The van der Waals surface area contributed by atoms with Crippen LogP contribution in [0.2, 0.25) is 0 Å². The van der Waals surface area contributed by atoms with Crippen LogP contribution in [0.25, 0.3) is 0 Å². The van der Waals surface area contributed by atoms with E-state index in [-0.39, 0.29) is 17.2 Å². The maximum absolute atomic E-state index is 12.5. The zero-order valence-corrected chi connectivity index (χ0v) is 15.2. The van der Waals surface area contributed by atoms with Gasteiger partial charge >= 0.3 is 0 Å². The van der Waals surface area contributed by atoms with Gasteiger partial charge in [0.15, 0.2) is 5.13 Å². The van der Waals surface area contributed by atoms with Crippen LogP contribution in [0.5, 0.6) is 0 Å². The van der Waals surface area contributed by atoms with Crippen molar-refractivity contribution in [2.24, 2.45) is 0 Å². The van der Waals surface area contributed by atoms with E-state index in [0.29, 0.717) is 17.2 Å². The summed E-state index contributed by atoms with van der Waals surface area (Å²) >= 11 is 1.43. The number of thiazole rings is 1. The Balaban J connectivity index is 1.77. The molecule has 1 N–H and O–H groups in total. The van der Waals surface area contributed by atoms with Gasteiger partial charge in [-0.1, -0.05) is 20.8 Å². The molecule has 126 valence electrons. The maximum Gasteiger partial charge on any atom is 0.257 e. The summed E-state index contributed by atoms with van der Waals surface area (Å²) in [6.45, 7) is 8.51. The lowest BCUT2D eigenvalue weighted by Crippen LogP contribution is -2.25. The van der Waals surface area contributed by atoms with Crippen LogP contribution in [0.15, 0.2) is 23.6 Å². The van der Waals surface area contributed by atoms with E-state index in [1.807, 2.05) is 17.5 Å². The molecule has 2 heterocycles. The molecule has 1 aliphatic rings. The molecule has 0 saturated carbocycles. The van der Waals surface area contributed by atoms with Gasteiger partial charge < -0.3 is 4.90 Å². The fourth-order valence-electron chi connectivity index (χ4n) is 2.72. The van der Waals surface area contributed by atoms with Crippen molar-refractivity contribution in [2.45, 2.75) is 39.5 Å². The number of benzene rings is 1. The zero-order valence-electron chi connectivity index (χ0n) is 14.3. The Labute approximate surface area is 145 Å². The van der Waals surface area contributed by atoms with E-state index >= 15 is 0 Å². The molecule has 0 atom stereocenters. The molecule has 0 saturated heterocycles. The van der Waals surface area contributed by atoms with Crippen molar-refractivity contribution < 1.29 is 9.59 Å². The predicted octanol–water partition coefficient (Wildman–Crippen LogP) is 3.60. The zero-order chi connectivity index (χ0) is 17.5. The highest BCUT2D eigenvalue weighted by atomic mass is 32.1. The van der Waals surface area contributed by atoms with Crippen molar-refractivity contribution in [1.82, 2.24) is 4.98 Å². The molecular weight excluding hydrogens is 322 g/mol. The van der Waals surface area contributed by atoms with Gasteiger partial charge in [0.05, 0.1) is 5.69 Å². The van der Waals surface area contributed by atoms with Gasteiger partial charge in [-0.25, -0.2) is 4.98 Å². The minimum absolute atomic E-state index is 0.0310. The number of aromatic nitrogens is 1. The molecule has 0 bridgehead atoms. The summed E-state index contributed by atoms with van der Waals surface area (Å²) < 4.78 is 0. The molecular formula is C18H21N3O2S. The topological polar surface area (TPSA) is 62.3 Å². The van der Waals surface area contributed by atoms with Gasteiger partial charge in [-0.05, 0) is 30.2 Å². The third kappa shape index (κ3) is 3.19. The van der Waals surface area contributed by atoms with Crippen molar-refractivity contribution in [3.63, 3.8) is 0 Å². The molecule has 0 unspecified atom stereocenters. The number of hydrogen-bond acceptors (Lipinski definition) is 4. The number of carbonyl (C=O) groups is 2. The molecule has 0 spiro atoms. The lowest BCUT2D eigenvalue weighted by molar-refractivity contribution is -0.116. The summed E-state index contributed by atoms with van der Waals surface area (Å²) in [5.74, 6) is -0.141. The van der Waals surface area contributed by atoms with Gasteiger partial charge in [-0.2, -0.15) is 0 Å². The standard InChI is InChI=1S/C18H21N3O2S/c1-11(22)21-8-7-12-9-13(5-6-14(12)21)16(23)20-17-19-15(10-24-17)18(2,3)4/h5-6,9-10H,7-8H2,1-4H3,(H,19,20,23). The van der Waals surface area contributed by atoms with Gasteiger partial charge in [0.25, 0.3) is 5.91 Å². The molecule has 2 amide bonds. The Morgan fingerprint density at radius 1 is 1.29 bits per heavy atom. The molecule has 1 aliphatic heterocycles. The number of anilines is 2. The summed E-state index contributed by atoms with van der Waals surface area (Å²) in [4.78, 5) is 30.3. The Bertz CT molecular complexity index is 805. The van der Waals surface area contributed by atoms with Crippen LogP contribution in [-0.4, -0.2) is 23.3 Å². The van der Waals surface area contributed by atoms with Crippen LogP contribution in [0.3, 0.4) is 0 Å². The van der Waals surface area contributed by atoms with Gasteiger partial charge in [-0.3, -0.25) is 14.9 Å². The van der Waals surface area contributed by atoms with Crippen molar-refractivity contribution in [3.8, 4) is 0 Å². The first-order valence-electron chi connectivity index (χ1n) is 7.94. The lowest BCUT2D eigenvalue weighted by atomic mass is 9.93. The van der Waals surface area contributed by atoms with Crippen molar-refractivity contribution in [3.05, 3.63) is 40.4 Å². The number of nitrogens with zero attached hydrogens (tertiary/aromatic N) is 2. The Morgan fingerprint density at radius 2 is 2.04 bits per heavy atom. The van der Waals surface area contributed by atoms with Gasteiger partial charge in [0.1, 0.15) is 0 Å². The number of rotatable bonds is 2. The summed E-state index contributed by atoms with van der Waals surface area (Å²) in [5.41, 5.74) is 3.46. The smallest absolute Gasteiger partial charge is 0.257 e. The number of amides is 2. The van der Waals surface area contributed by atoms with E-state index in [0.717, 1.165) is 23.4 Å². The van der Waals surface area contributed by atoms with E-state index < -0.39 is 0 Å². The Morgan fingerprint density at radius 3 is 2.67 bits per heavy atom. The van der Waals surface area contributed by atoms with E-state index in [1.54, 1.807) is 17.9 Å². The quantitative estimate of drug-likeness (QED) is 0.906. The average Bonchev–Trinajstić information content (AvgIpc) is 3.12. The summed E-state index contributed by atoms with van der Waals surface area (Å²) in [7, 11) is 0. The van der Waals surface area contributed by atoms with Crippen molar-refractivity contribution in [1.29, 1.82) is 0 Å². The number of carbonyl (C=O) groups excluding carboxylic acids is 2. The molecule has 0 radical (unpaired) electrons. The molecule has 24 heavy (non-hydrogen) atoms. The van der Waals surface area contributed by atoms with Gasteiger partial charge in [-0.15, -0.1) is 11.3 Å². The molecule has 5 nitrogen and oxygen atoms in total. The van der Waals surface area contributed by atoms with E-state index in [9.17, 15) is 9.59 Å². The van der Waals surface area contributed by atoms with Crippen LogP contribution >= 0.6 is 11.3 Å². The normalized spacial score (nSPS) is 13.8. The van der Waals surface area contributed by atoms with Gasteiger partial charge in [0, 0.05) is 35.5 Å². The molecule has 6 heteroatoms. The molecule has 0 aliphatic carbocycles. The number of fused-ring (bicyclic) bond motifs is 1. The summed E-state index contributed by atoms with van der Waals surface area (Å²) in [5, 5.41) is 5.45. The van der Waals surface area contributed by atoms with Crippen LogP contribution in [0, 0.1) is 0 Å². The van der Waals surface area contributed by atoms with Crippen LogP contribution in [0.1, 0.15) is 49.3 Å². The molecule has 1 aromatic carbocycles. The minimum Gasteiger partial charge on any atom is -0.312 e. The van der Waals surface area contributed by atoms with Crippen LogP contribution in [0.4, 0.5) is 10.8 Å².